The van der Waals surface area contributed by atoms with Crippen molar-refractivity contribution in [2.45, 2.75) is 90.1 Å². The third kappa shape index (κ3) is 2.93. The maximum atomic E-state index is 12.8. The van der Waals surface area contributed by atoms with E-state index in [1.807, 2.05) is 13.8 Å². The van der Waals surface area contributed by atoms with Crippen molar-refractivity contribution in [2.75, 3.05) is 0 Å². The first-order chi connectivity index (χ1) is 12.6. The third-order valence-corrected chi connectivity index (χ3v) is 7.64. The van der Waals surface area contributed by atoms with Gasteiger partial charge in [-0.15, -0.1) is 0 Å². The minimum atomic E-state index is -0.632. The number of carbonyl (C=O) groups excluding carboxylic acids is 2. The molecule has 0 amide bonds. The quantitative estimate of drug-likeness (QED) is 0.514. The van der Waals surface area contributed by atoms with Gasteiger partial charge in [0, 0.05) is 18.8 Å². The molecule has 150 valence electrons. The fraction of sp³-hybridized carbons (Fsp3) is 0.818. The van der Waals surface area contributed by atoms with E-state index in [9.17, 15) is 9.59 Å². The van der Waals surface area contributed by atoms with Gasteiger partial charge < -0.3 is 14.2 Å². The highest BCUT2D eigenvalue weighted by atomic mass is 16.6. The summed E-state index contributed by atoms with van der Waals surface area (Å²) in [6, 6.07) is 0. The monoisotopic (exact) mass is 376 g/mol. The van der Waals surface area contributed by atoms with Crippen LogP contribution in [0.3, 0.4) is 0 Å². The first-order valence-corrected chi connectivity index (χ1v) is 10.4. The van der Waals surface area contributed by atoms with Gasteiger partial charge >= 0.3 is 11.9 Å². The Kier molecular flexibility index (Phi) is 4.45. The van der Waals surface area contributed by atoms with E-state index < -0.39 is 11.2 Å². The number of esters is 2. The maximum absolute atomic E-state index is 12.8. The van der Waals surface area contributed by atoms with Crippen LogP contribution in [0.5, 0.6) is 0 Å². The summed E-state index contributed by atoms with van der Waals surface area (Å²) in [7, 11) is 0. The number of rotatable bonds is 1. The second kappa shape index (κ2) is 6.33. The molecule has 3 aliphatic heterocycles. The third-order valence-electron chi connectivity index (χ3n) is 7.64. The number of hydrogen-bond donors (Lipinski definition) is 0. The van der Waals surface area contributed by atoms with Gasteiger partial charge in [-0.25, -0.2) is 0 Å². The SMILES string of the molecule is CC(=O)O[C@]1(C)CC[C@@H]2[C@H]3[C@@H]1[C@@H]1C/C(C)=C\CC[C@](C)(OC(=O)[C@@H]2C)[C@H]3O1. The largest absolute Gasteiger partial charge is 0.459 e. The molecule has 5 heteroatoms. The van der Waals surface area contributed by atoms with Crippen LogP contribution in [-0.2, 0) is 23.8 Å². The lowest BCUT2D eigenvalue weighted by atomic mass is 9.58. The van der Waals surface area contributed by atoms with Crippen LogP contribution in [0.1, 0.15) is 66.7 Å². The molecule has 1 aliphatic carbocycles. The molecule has 0 unspecified atom stereocenters. The van der Waals surface area contributed by atoms with Crippen molar-refractivity contribution in [1.82, 2.24) is 0 Å². The molecule has 0 spiro atoms. The summed E-state index contributed by atoms with van der Waals surface area (Å²) in [5.74, 6) is -0.0260. The van der Waals surface area contributed by atoms with Crippen LogP contribution in [0.4, 0.5) is 0 Å². The molecule has 2 saturated heterocycles. The van der Waals surface area contributed by atoms with Crippen LogP contribution in [0, 0.1) is 23.7 Å². The number of ether oxygens (including phenoxy) is 3. The summed E-state index contributed by atoms with van der Waals surface area (Å²) < 4.78 is 18.7. The highest BCUT2D eigenvalue weighted by Crippen LogP contribution is 2.59. The highest BCUT2D eigenvalue weighted by Gasteiger charge is 2.66. The van der Waals surface area contributed by atoms with Crippen LogP contribution in [0.2, 0.25) is 0 Å². The predicted molar refractivity (Wildman–Crippen MR) is 99.8 cm³/mol. The standard InChI is InChI=1S/C22H32O5/c1-12-7-6-9-22(5)19-17-15(13(2)20(24)27-22)8-10-21(4,26-14(3)23)18(17)16(11-12)25-19/h7,13,15-19H,6,8-11H2,1-5H3/b12-7-/t13-,15+,16+,17+,18+,19+,21-,22+/m1/s1. The number of fused-ring (bicyclic) bond motifs is 2. The lowest BCUT2D eigenvalue weighted by Gasteiger charge is -2.48. The van der Waals surface area contributed by atoms with Gasteiger partial charge in [-0.1, -0.05) is 18.6 Å². The van der Waals surface area contributed by atoms with E-state index in [4.69, 9.17) is 14.2 Å². The van der Waals surface area contributed by atoms with Gasteiger partial charge in [0.25, 0.3) is 0 Å². The van der Waals surface area contributed by atoms with Gasteiger partial charge in [-0.2, -0.15) is 0 Å². The second-order valence-corrected chi connectivity index (χ2v) is 9.62. The number of carbonyl (C=O) groups is 2. The molecule has 27 heavy (non-hydrogen) atoms. The molecule has 2 bridgehead atoms. The molecule has 0 aromatic rings. The highest BCUT2D eigenvalue weighted by molar-refractivity contribution is 5.73. The van der Waals surface area contributed by atoms with Gasteiger partial charge in [0.1, 0.15) is 17.3 Å². The summed E-state index contributed by atoms with van der Waals surface area (Å²) in [5.41, 5.74) is 0.113. The van der Waals surface area contributed by atoms with Crippen LogP contribution in [0.25, 0.3) is 0 Å². The molecule has 1 saturated carbocycles. The van der Waals surface area contributed by atoms with Crippen LogP contribution in [0.15, 0.2) is 11.6 Å². The van der Waals surface area contributed by atoms with Crippen molar-refractivity contribution in [2.24, 2.45) is 23.7 Å². The summed E-state index contributed by atoms with van der Waals surface area (Å²) in [4.78, 5) is 24.8. The average Bonchev–Trinajstić information content (AvgIpc) is 2.93. The molecular formula is C22H32O5. The van der Waals surface area contributed by atoms with E-state index in [0.717, 1.165) is 32.1 Å². The Morgan fingerprint density at radius 1 is 1.30 bits per heavy atom. The number of allylic oxidation sites excluding steroid dienone is 1. The van der Waals surface area contributed by atoms with Crippen LogP contribution < -0.4 is 0 Å². The van der Waals surface area contributed by atoms with E-state index in [2.05, 4.69) is 19.9 Å². The van der Waals surface area contributed by atoms with Crippen molar-refractivity contribution < 1.29 is 23.8 Å². The molecule has 5 nitrogen and oxygen atoms in total. The van der Waals surface area contributed by atoms with Crippen LogP contribution >= 0.6 is 0 Å². The first-order valence-electron chi connectivity index (χ1n) is 10.4. The smallest absolute Gasteiger partial charge is 0.309 e. The summed E-state index contributed by atoms with van der Waals surface area (Å²) in [5, 5.41) is 0. The summed E-state index contributed by atoms with van der Waals surface area (Å²) >= 11 is 0. The molecule has 4 aliphatic rings. The van der Waals surface area contributed by atoms with E-state index in [1.165, 1.54) is 12.5 Å². The Labute approximate surface area is 161 Å². The van der Waals surface area contributed by atoms with E-state index in [-0.39, 0.29) is 47.8 Å². The Morgan fingerprint density at radius 2 is 2.04 bits per heavy atom. The Hall–Kier alpha value is -1.36. The first kappa shape index (κ1) is 19.0. The van der Waals surface area contributed by atoms with Crippen molar-refractivity contribution >= 4 is 11.9 Å². The molecule has 4 rings (SSSR count). The molecule has 8 atom stereocenters. The minimum Gasteiger partial charge on any atom is -0.459 e. The lowest BCUT2D eigenvalue weighted by Crippen LogP contribution is -2.54. The van der Waals surface area contributed by atoms with E-state index in [0.29, 0.717) is 0 Å². The van der Waals surface area contributed by atoms with Gasteiger partial charge in [0.2, 0.25) is 0 Å². The van der Waals surface area contributed by atoms with E-state index >= 15 is 0 Å². The molecule has 0 N–H and O–H groups in total. The topological polar surface area (TPSA) is 61.8 Å². The molecule has 0 aromatic heterocycles. The normalized spacial score (nSPS) is 51.0. The van der Waals surface area contributed by atoms with Crippen molar-refractivity contribution in [1.29, 1.82) is 0 Å². The summed E-state index contributed by atoms with van der Waals surface area (Å²) in [6.07, 6.45) is 6.22. The zero-order chi connectivity index (χ0) is 19.6. The van der Waals surface area contributed by atoms with Gasteiger partial charge in [0.15, 0.2) is 0 Å². The van der Waals surface area contributed by atoms with Crippen LogP contribution in [-0.4, -0.2) is 35.3 Å². The van der Waals surface area contributed by atoms with Gasteiger partial charge in [0.05, 0.1) is 12.0 Å². The zero-order valence-electron chi connectivity index (χ0n) is 17.1. The van der Waals surface area contributed by atoms with Crippen molar-refractivity contribution in [3.63, 3.8) is 0 Å². The van der Waals surface area contributed by atoms with Crippen molar-refractivity contribution in [3.8, 4) is 0 Å². The molecule has 0 aromatic carbocycles. The molecular weight excluding hydrogens is 344 g/mol. The Morgan fingerprint density at radius 3 is 2.74 bits per heavy atom. The second-order valence-electron chi connectivity index (χ2n) is 9.62. The van der Waals surface area contributed by atoms with Gasteiger partial charge in [-0.3, -0.25) is 9.59 Å². The molecule has 3 fully saturated rings. The van der Waals surface area contributed by atoms with Gasteiger partial charge in [-0.05, 0) is 58.8 Å². The lowest BCUT2D eigenvalue weighted by molar-refractivity contribution is -0.180. The zero-order valence-corrected chi connectivity index (χ0v) is 17.1. The average molecular weight is 376 g/mol. The maximum Gasteiger partial charge on any atom is 0.309 e. The fourth-order valence-corrected chi connectivity index (χ4v) is 6.41. The Balaban J connectivity index is 1.84. The van der Waals surface area contributed by atoms with E-state index in [1.54, 1.807) is 0 Å². The summed E-state index contributed by atoms with van der Waals surface area (Å²) in [6.45, 7) is 9.73. The fourth-order valence-electron chi connectivity index (χ4n) is 6.41. The predicted octanol–water partition coefficient (Wildman–Crippen LogP) is 3.80. The molecule has 3 heterocycles. The molecule has 0 radical (unpaired) electrons. The van der Waals surface area contributed by atoms with Crippen molar-refractivity contribution in [3.05, 3.63) is 11.6 Å². The minimum absolute atomic E-state index is 0.00942. The number of hydrogen-bond acceptors (Lipinski definition) is 5. The Bertz CT molecular complexity index is 684.